The molecule has 0 saturated heterocycles. The number of hydrogen-bond donors (Lipinski definition) is 2. The third-order valence-corrected chi connectivity index (χ3v) is 3.02. The Morgan fingerprint density at radius 1 is 1.05 bits per heavy atom. The second kappa shape index (κ2) is 7.00. The molecule has 0 aliphatic heterocycles. The Hall–Kier alpha value is -2.47. The van der Waals surface area contributed by atoms with Gasteiger partial charge in [0.05, 0.1) is 17.1 Å². The number of hydrogen-bond acceptors (Lipinski definition) is 2. The van der Waals surface area contributed by atoms with Gasteiger partial charge in [0.2, 0.25) is 5.91 Å². The SMILES string of the molecule is O=C(CNC(=O)c1ccccc1F)Nc1ccc(F)c(Cl)c1. The zero-order valence-electron chi connectivity index (χ0n) is 11.2. The minimum Gasteiger partial charge on any atom is -0.343 e. The lowest BCUT2D eigenvalue weighted by Gasteiger charge is -2.08. The topological polar surface area (TPSA) is 58.2 Å². The highest BCUT2D eigenvalue weighted by atomic mass is 35.5. The number of amides is 2. The van der Waals surface area contributed by atoms with Crippen molar-refractivity contribution in [1.82, 2.24) is 5.32 Å². The first-order chi connectivity index (χ1) is 10.5. The molecule has 4 nitrogen and oxygen atoms in total. The molecule has 0 atom stereocenters. The van der Waals surface area contributed by atoms with Crippen LogP contribution in [-0.2, 0) is 4.79 Å². The first-order valence-corrected chi connectivity index (χ1v) is 6.63. The molecule has 0 aliphatic rings. The highest BCUT2D eigenvalue weighted by Crippen LogP contribution is 2.19. The summed E-state index contributed by atoms with van der Waals surface area (Å²) >= 11 is 5.58. The fraction of sp³-hybridized carbons (Fsp3) is 0.0667. The molecule has 0 aliphatic carbocycles. The number of carbonyl (C=O) groups excluding carboxylic acids is 2. The highest BCUT2D eigenvalue weighted by molar-refractivity contribution is 6.31. The number of nitrogens with one attached hydrogen (secondary N) is 2. The summed E-state index contributed by atoms with van der Waals surface area (Å²) in [5.74, 6) is -2.53. The van der Waals surface area contributed by atoms with Crippen LogP contribution in [0.2, 0.25) is 5.02 Å². The molecule has 2 rings (SSSR count). The smallest absolute Gasteiger partial charge is 0.254 e. The maximum absolute atomic E-state index is 13.4. The van der Waals surface area contributed by atoms with Crippen LogP contribution in [0.4, 0.5) is 14.5 Å². The maximum Gasteiger partial charge on any atom is 0.254 e. The van der Waals surface area contributed by atoms with Crippen LogP contribution in [0.25, 0.3) is 0 Å². The molecule has 2 N–H and O–H groups in total. The minimum absolute atomic E-state index is 0.131. The summed E-state index contributed by atoms with van der Waals surface area (Å²) in [5, 5.41) is 4.59. The van der Waals surface area contributed by atoms with E-state index in [1.807, 2.05) is 0 Å². The van der Waals surface area contributed by atoms with E-state index in [1.165, 1.54) is 30.3 Å². The van der Waals surface area contributed by atoms with Crippen molar-refractivity contribution in [3.63, 3.8) is 0 Å². The summed E-state index contributed by atoms with van der Waals surface area (Å²) in [4.78, 5) is 23.4. The molecule has 0 radical (unpaired) electrons. The predicted octanol–water partition coefficient (Wildman–Crippen LogP) is 2.99. The Morgan fingerprint density at radius 2 is 1.77 bits per heavy atom. The van der Waals surface area contributed by atoms with Crippen molar-refractivity contribution in [2.75, 3.05) is 11.9 Å². The van der Waals surface area contributed by atoms with Crippen molar-refractivity contribution >= 4 is 29.1 Å². The Labute approximate surface area is 130 Å². The van der Waals surface area contributed by atoms with Crippen LogP contribution < -0.4 is 10.6 Å². The van der Waals surface area contributed by atoms with Gasteiger partial charge in [-0.1, -0.05) is 23.7 Å². The van der Waals surface area contributed by atoms with Gasteiger partial charge in [0, 0.05) is 5.69 Å². The molecule has 7 heteroatoms. The molecule has 2 aromatic rings. The summed E-state index contributed by atoms with van der Waals surface area (Å²) in [6.07, 6.45) is 0. The van der Waals surface area contributed by atoms with Gasteiger partial charge in [-0.2, -0.15) is 0 Å². The van der Waals surface area contributed by atoms with Gasteiger partial charge in [-0.25, -0.2) is 8.78 Å². The molecular weight excluding hydrogens is 314 g/mol. The fourth-order valence-corrected chi connectivity index (χ4v) is 1.86. The standard InChI is InChI=1S/C15H11ClF2N2O2/c16-11-7-9(5-6-13(11)18)20-14(21)8-19-15(22)10-3-1-2-4-12(10)17/h1-7H,8H2,(H,19,22)(H,20,21). The summed E-state index contributed by atoms with van der Waals surface area (Å²) in [6.45, 7) is -0.359. The quantitative estimate of drug-likeness (QED) is 0.908. The average molecular weight is 325 g/mol. The minimum atomic E-state index is -0.703. The average Bonchev–Trinajstić information content (AvgIpc) is 2.49. The van der Waals surface area contributed by atoms with Crippen molar-refractivity contribution in [2.45, 2.75) is 0 Å². The lowest BCUT2D eigenvalue weighted by Crippen LogP contribution is -2.33. The van der Waals surface area contributed by atoms with Crippen molar-refractivity contribution in [3.05, 3.63) is 64.7 Å². The Kier molecular flexibility index (Phi) is 5.06. The summed E-state index contributed by atoms with van der Waals surface area (Å²) in [5.41, 5.74) is 0.136. The zero-order chi connectivity index (χ0) is 16.1. The molecule has 22 heavy (non-hydrogen) atoms. The first-order valence-electron chi connectivity index (χ1n) is 6.25. The van der Waals surface area contributed by atoms with Gasteiger partial charge in [-0.15, -0.1) is 0 Å². The van der Waals surface area contributed by atoms with E-state index in [-0.39, 0.29) is 22.8 Å². The summed E-state index contributed by atoms with van der Waals surface area (Å²) in [6, 6.07) is 9.11. The van der Waals surface area contributed by atoms with Gasteiger partial charge in [0.15, 0.2) is 0 Å². The lowest BCUT2D eigenvalue weighted by atomic mass is 10.2. The van der Waals surface area contributed by atoms with E-state index in [0.29, 0.717) is 0 Å². The summed E-state index contributed by atoms with van der Waals surface area (Å²) in [7, 11) is 0. The van der Waals surface area contributed by atoms with E-state index in [9.17, 15) is 18.4 Å². The van der Waals surface area contributed by atoms with Crippen LogP contribution in [-0.4, -0.2) is 18.4 Å². The fourth-order valence-electron chi connectivity index (χ4n) is 1.68. The molecular formula is C15H11ClF2N2O2. The van der Waals surface area contributed by atoms with E-state index >= 15 is 0 Å². The third kappa shape index (κ3) is 4.02. The van der Waals surface area contributed by atoms with Crippen molar-refractivity contribution in [3.8, 4) is 0 Å². The normalized spacial score (nSPS) is 10.1. The van der Waals surface area contributed by atoms with Gasteiger partial charge in [-0.05, 0) is 30.3 Å². The van der Waals surface area contributed by atoms with E-state index in [0.717, 1.165) is 12.1 Å². The largest absolute Gasteiger partial charge is 0.343 e. The van der Waals surface area contributed by atoms with Crippen LogP contribution in [0.15, 0.2) is 42.5 Å². The number of anilines is 1. The third-order valence-electron chi connectivity index (χ3n) is 2.73. The van der Waals surface area contributed by atoms with Gasteiger partial charge in [0.25, 0.3) is 5.91 Å². The van der Waals surface area contributed by atoms with E-state index in [4.69, 9.17) is 11.6 Å². The van der Waals surface area contributed by atoms with Crippen molar-refractivity contribution in [2.24, 2.45) is 0 Å². The molecule has 0 aromatic heterocycles. The van der Waals surface area contributed by atoms with E-state index < -0.39 is 23.4 Å². The maximum atomic E-state index is 13.4. The molecule has 0 fully saturated rings. The molecule has 0 unspecified atom stereocenters. The first kappa shape index (κ1) is 15.9. The van der Waals surface area contributed by atoms with E-state index in [2.05, 4.69) is 10.6 Å². The molecule has 2 amide bonds. The van der Waals surface area contributed by atoms with Crippen LogP contribution in [0.3, 0.4) is 0 Å². The summed E-state index contributed by atoms with van der Waals surface area (Å²) < 4.78 is 26.4. The monoisotopic (exact) mass is 324 g/mol. The predicted molar refractivity (Wildman–Crippen MR) is 78.8 cm³/mol. The van der Waals surface area contributed by atoms with Crippen molar-refractivity contribution < 1.29 is 18.4 Å². The van der Waals surface area contributed by atoms with Crippen LogP contribution in [0, 0.1) is 11.6 Å². The van der Waals surface area contributed by atoms with Gasteiger partial charge < -0.3 is 10.6 Å². The molecule has 114 valence electrons. The highest BCUT2D eigenvalue weighted by Gasteiger charge is 2.12. The van der Waals surface area contributed by atoms with Gasteiger partial charge in [-0.3, -0.25) is 9.59 Å². The molecule has 2 aromatic carbocycles. The Balaban J connectivity index is 1.91. The number of halogens is 3. The van der Waals surface area contributed by atoms with Crippen LogP contribution >= 0.6 is 11.6 Å². The van der Waals surface area contributed by atoms with Crippen LogP contribution in [0.5, 0.6) is 0 Å². The number of benzene rings is 2. The number of carbonyl (C=O) groups is 2. The second-order valence-corrected chi connectivity index (χ2v) is 4.75. The van der Waals surface area contributed by atoms with Gasteiger partial charge in [0.1, 0.15) is 11.6 Å². The second-order valence-electron chi connectivity index (χ2n) is 4.34. The molecule has 0 heterocycles. The Morgan fingerprint density at radius 3 is 2.45 bits per heavy atom. The zero-order valence-corrected chi connectivity index (χ0v) is 12.0. The van der Waals surface area contributed by atoms with E-state index in [1.54, 1.807) is 0 Å². The number of rotatable bonds is 4. The Bertz CT molecular complexity index is 722. The van der Waals surface area contributed by atoms with Gasteiger partial charge >= 0.3 is 0 Å². The molecule has 0 spiro atoms. The molecule has 0 bridgehead atoms. The van der Waals surface area contributed by atoms with Crippen molar-refractivity contribution in [1.29, 1.82) is 0 Å². The van der Waals surface area contributed by atoms with Crippen LogP contribution in [0.1, 0.15) is 10.4 Å². The molecule has 0 saturated carbocycles. The lowest BCUT2D eigenvalue weighted by molar-refractivity contribution is -0.115.